The van der Waals surface area contributed by atoms with Crippen LogP contribution >= 0.6 is 0 Å². The van der Waals surface area contributed by atoms with Crippen molar-refractivity contribution in [2.75, 3.05) is 106 Å². The third-order valence-corrected chi connectivity index (χ3v) is 4.88. The summed E-state index contributed by atoms with van der Waals surface area (Å²) in [6, 6.07) is 7.34. The number of ether oxygens (including phenoxy) is 9. The van der Waals surface area contributed by atoms with Crippen LogP contribution in [0.4, 0.5) is 0 Å². The zero-order valence-corrected chi connectivity index (χ0v) is 22.0. The van der Waals surface area contributed by atoms with Gasteiger partial charge in [-0.1, -0.05) is 0 Å². The van der Waals surface area contributed by atoms with Crippen LogP contribution in [0.1, 0.15) is 17.4 Å². The van der Waals surface area contributed by atoms with E-state index in [1.165, 1.54) is 0 Å². The van der Waals surface area contributed by atoms with Gasteiger partial charge in [0, 0.05) is 18.0 Å². The number of esters is 1. The summed E-state index contributed by atoms with van der Waals surface area (Å²) in [6.07, 6.45) is 0. The monoisotopic (exact) mass is 527 g/mol. The van der Waals surface area contributed by atoms with E-state index in [0.29, 0.717) is 111 Å². The number of carbonyl (C=O) groups excluding carboxylic acids is 1. The first kappa shape index (κ1) is 31.0. The number of hydrogen-bond donors (Lipinski definition) is 1. The highest BCUT2D eigenvalue weighted by molar-refractivity contribution is 5.95. The molecule has 0 unspecified atom stereocenters. The highest BCUT2D eigenvalue weighted by atomic mass is 16.6. The Morgan fingerprint density at radius 1 is 0.676 bits per heavy atom. The van der Waals surface area contributed by atoms with E-state index in [9.17, 15) is 4.79 Å². The first-order chi connectivity index (χ1) is 18.2. The van der Waals surface area contributed by atoms with Gasteiger partial charge in [0.25, 0.3) is 0 Å². The number of H-pyrrole nitrogens is 1. The molecule has 0 aliphatic rings. The molecule has 0 saturated heterocycles. The molecule has 0 aliphatic heterocycles. The lowest BCUT2D eigenvalue weighted by Crippen LogP contribution is -2.15. The van der Waals surface area contributed by atoms with Gasteiger partial charge in [-0.3, -0.25) is 0 Å². The van der Waals surface area contributed by atoms with Crippen LogP contribution in [0.3, 0.4) is 0 Å². The van der Waals surface area contributed by atoms with E-state index in [-0.39, 0.29) is 5.97 Å². The van der Waals surface area contributed by atoms with Crippen molar-refractivity contribution in [1.82, 2.24) is 4.98 Å². The molecule has 11 heteroatoms. The number of hydrogen-bond acceptors (Lipinski definition) is 10. The summed E-state index contributed by atoms with van der Waals surface area (Å²) in [5, 5.41) is 0.883. The van der Waals surface area contributed by atoms with Gasteiger partial charge in [-0.25, -0.2) is 4.79 Å². The summed E-state index contributed by atoms with van der Waals surface area (Å²) in [5.74, 6) is 0.338. The maximum Gasteiger partial charge on any atom is 0.354 e. The summed E-state index contributed by atoms with van der Waals surface area (Å²) in [7, 11) is 1.64. The Morgan fingerprint density at radius 3 is 1.65 bits per heavy atom. The van der Waals surface area contributed by atoms with Crippen molar-refractivity contribution >= 4 is 16.9 Å². The number of aromatic amines is 1. The van der Waals surface area contributed by atoms with Gasteiger partial charge in [0.15, 0.2) is 0 Å². The summed E-state index contributed by atoms with van der Waals surface area (Å²) in [5.41, 5.74) is 1.27. The summed E-state index contributed by atoms with van der Waals surface area (Å²) >= 11 is 0. The number of benzene rings is 1. The zero-order valence-electron chi connectivity index (χ0n) is 22.0. The van der Waals surface area contributed by atoms with Crippen LogP contribution in [0.25, 0.3) is 10.9 Å². The Labute approximate surface area is 218 Å². The second-order valence-electron chi connectivity index (χ2n) is 7.67. The molecule has 2 rings (SSSR count). The van der Waals surface area contributed by atoms with Crippen molar-refractivity contribution < 1.29 is 47.4 Å². The fourth-order valence-corrected chi connectivity index (χ4v) is 3.08. The van der Waals surface area contributed by atoms with Crippen molar-refractivity contribution in [2.45, 2.75) is 6.92 Å². The van der Waals surface area contributed by atoms with Gasteiger partial charge in [0.05, 0.1) is 92.5 Å². The van der Waals surface area contributed by atoms with Gasteiger partial charge in [-0.15, -0.1) is 0 Å². The molecule has 37 heavy (non-hydrogen) atoms. The minimum Gasteiger partial charge on any atom is -0.491 e. The van der Waals surface area contributed by atoms with Crippen LogP contribution in [0, 0.1) is 0 Å². The smallest absolute Gasteiger partial charge is 0.354 e. The molecule has 11 nitrogen and oxygen atoms in total. The maximum absolute atomic E-state index is 11.8. The molecule has 0 aliphatic carbocycles. The Kier molecular flexibility index (Phi) is 17.4. The summed E-state index contributed by atoms with van der Waals surface area (Å²) in [6.45, 7) is 9.27. The Hall–Kier alpha value is -2.25. The number of nitrogens with one attached hydrogen (secondary N) is 1. The van der Waals surface area contributed by atoms with E-state index in [1.807, 2.05) is 18.2 Å². The average molecular weight is 528 g/mol. The lowest BCUT2D eigenvalue weighted by atomic mass is 10.2. The minimum atomic E-state index is -0.369. The van der Waals surface area contributed by atoms with Crippen molar-refractivity contribution in [1.29, 1.82) is 0 Å². The number of fused-ring (bicyclic) bond motifs is 1. The largest absolute Gasteiger partial charge is 0.491 e. The normalized spacial score (nSPS) is 11.3. The van der Waals surface area contributed by atoms with E-state index >= 15 is 0 Å². The molecule has 0 bridgehead atoms. The molecule has 0 atom stereocenters. The lowest BCUT2D eigenvalue weighted by molar-refractivity contribution is -0.0199. The second kappa shape index (κ2) is 20.8. The van der Waals surface area contributed by atoms with Crippen molar-refractivity contribution in [3.05, 3.63) is 30.0 Å². The predicted octanol–water partition coefficient (Wildman–Crippen LogP) is 2.47. The van der Waals surface area contributed by atoms with Gasteiger partial charge in [0.1, 0.15) is 18.1 Å². The average Bonchev–Trinajstić information content (AvgIpc) is 3.33. The molecule has 0 fully saturated rings. The summed E-state index contributed by atoms with van der Waals surface area (Å²) in [4.78, 5) is 14.9. The topological polar surface area (TPSA) is 116 Å². The van der Waals surface area contributed by atoms with Crippen molar-refractivity contribution in [3.63, 3.8) is 0 Å². The number of methoxy groups -OCH3 is 1. The fourth-order valence-electron chi connectivity index (χ4n) is 3.08. The van der Waals surface area contributed by atoms with Crippen LogP contribution in [0.5, 0.6) is 5.75 Å². The van der Waals surface area contributed by atoms with Crippen LogP contribution in [0.15, 0.2) is 24.3 Å². The Bertz CT molecular complexity index is 844. The van der Waals surface area contributed by atoms with Gasteiger partial charge in [-0.05, 0) is 31.2 Å². The molecule has 210 valence electrons. The lowest BCUT2D eigenvalue weighted by Gasteiger charge is -2.09. The zero-order chi connectivity index (χ0) is 26.4. The van der Waals surface area contributed by atoms with E-state index in [1.54, 1.807) is 20.1 Å². The highest BCUT2D eigenvalue weighted by Crippen LogP contribution is 2.22. The highest BCUT2D eigenvalue weighted by Gasteiger charge is 2.10. The van der Waals surface area contributed by atoms with Gasteiger partial charge < -0.3 is 47.6 Å². The first-order valence-electron chi connectivity index (χ1n) is 12.6. The first-order valence-corrected chi connectivity index (χ1v) is 12.6. The SMILES string of the molecule is CCOC(=O)c1cc2cc(OCCOCCOCCOCCOCCOCCOCCOC)ccc2[nH]1. The predicted molar refractivity (Wildman–Crippen MR) is 137 cm³/mol. The van der Waals surface area contributed by atoms with Crippen LogP contribution in [-0.2, 0) is 37.9 Å². The molecule has 0 saturated carbocycles. The van der Waals surface area contributed by atoms with E-state index in [2.05, 4.69) is 4.98 Å². The molecule has 1 aromatic heterocycles. The number of rotatable bonds is 24. The Morgan fingerprint density at radius 2 is 1.16 bits per heavy atom. The van der Waals surface area contributed by atoms with Crippen LogP contribution < -0.4 is 4.74 Å². The van der Waals surface area contributed by atoms with Gasteiger partial charge in [0.2, 0.25) is 0 Å². The molecule has 1 aromatic carbocycles. The number of carbonyl (C=O) groups is 1. The Balaban J connectivity index is 1.34. The van der Waals surface area contributed by atoms with E-state index in [0.717, 1.165) is 10.9 Å². The maximum atomic E-state index is 11.8. The molecule has 1 N–H and O–H groups in total. The molecular formula is C26H41NO10. The van der Waals surface area contributed by atoms with Crippen LogP contribution in [-0.4, -0.2) is 117 Å². The molecule has 0 amide bonds. The number of aromatic nitrogens is 1. The standard InChI is InChI=1S/C26H41NO10/c1-3-36-26(28)25-21-22-20-23(4-5-24(22)27-25)37-19-18-35-17-16-34-15-14-33-13-12-32-11-10-31-9-8-30-7-6-29-2/h4-5,20-21,27H,3,6-19H2,1-2H3. The molecule has 1 heterocycles. The minimum absolute atomic E-state index is 0.335. The summed E-state index contributed by atoms with van der Waals surface area (Å²) < 4.78 is 48.2. The van der Waals surface area contributed by atoms with Gasteiger partial charge in [-0.2, -0.15) is 0 Å². The van der Waals surface area contributed by atoms with E-state index in [4.69, 9.17) is 42.6 Å². The van der Waals surface area contributed by atoms with Crippen molar-refractivity contribution in [3.8, 4) is 5.75 Å². The molecular weight excluding hydrogens is 486 g/mol. The quantitative estimate of drug-likeness (QED) is 0.161. The third-order valence-electron chi connectivity index (χ3n) is 4.88. The molecule has 0 spiro atoms. The second-order valence-corrected chi connectivity index (χ2v) is 7.67. The van der Waals surface area contributed by atoms with Crippen molar-refractivity contribution in [2.24, 2.45) is 0 Å². The molecule has 2 aromatic rings. The van der Waals surface area contributed by atoms with E-state index < -0.39 is 0 Å². The molecule has 0 radical (unpaired) electrons. The third kappa shape index (κ3) is 14.3. The van der Waals surface area contributed by atoms with Gasteiger partial charge >= 0.3 is 5.97 Å². The fraction of sp³-hybridized carbons (Fsp3) is 0.654. The van der Waals surface area contributed by atoms with Crippen LogP contribution in [0.2, 0.25) is 0 Å².